The first-order chi connectivity index (χ1) is 10.6. The summed E-state index contributed by atoms with van der Waals surface area (Å²) in [7, 11) is 0. The van der Waals surface area contributed by atoms with Gasteiger partial charge in [-0.15, -0.1) is 0 Å². The van der Waals surface area contributed by atoms with Gasteiger partial charge in [0, 0.05) is 18.8 Å². The van der Waals surface area contributed by atoms with Gasteiger partial charge in [-0.3, -0.25) is 9.59 Å². The van der Waals surface area contributed by atoms with Crippen molar-refractivity contribution in [2.24, 2.45) is 0 Å². The summed E-state index contributed by atoms with van der Waals surface area (Å²) >= 11 is 0. The first kappa shape index (κ1) is 15.0. The highest BCUT2D eigenvalue weighted by Crippen LogP contribution is 2.27. The number of aryl methyl sites for hydroxylation is 2. The number of ether oxygens (including phenoxy) is 1. The number of carboxylic acids is 1. The van der Waals surface area contributed by atoms with Crippen LogP contribution in [0, 0.1) is 0 Å². The average Bonchev–Trinajstić information content (AvgIpc) is 2.94. The van der Waals surface area contributed by atoms with E-state index < -0.39 is 11.5 Å². The van der Waals surface area contributed by atoms with E-state index in [2.05, 4.69) is 5.32 Å². The zero-order chi connectivity index (χ0) is 15.6. The number of carbonyl (C=O) groups excluding carboxylic acids is 1. The summed E-state index contributed by atoms with van der Waals surface area (Å²) in [5.74, 6) is -1.07. The molecule has 1 heterocycles. The maximum absolute atomic E-state index is 12.6. The van der Waals surface area contributed by atoms with Crippen molar-refractivity contribution in [1.29, 1.82) is 0 Å². The van der Waals surface area contributed by atoms with Crippen molar-refractivity contribution in [2.45, 2.75) is 44.1 Å². The summed E-state index contributed by atoms with van der Waals surface area (Å²) in [5.41, 5.74) is 2.49. The molecule has 5 heteroatoms. The van der Waals surface area contributed by atoms with Crippen molar-refractivity contribution in [1.82, 2.24) is 5.32 Å². The quantitative estimate of drug-likeness (QED) is 0.891. The number of rotatable bonds is 4. The second kappa shape index (κ2) is 6.08. The second-order valence-electron chi connectivity index (χ2n) is 6.25. The van der Waals surface area contributed by atoms with Crippen LogP contribution < -0.4 is 5.32 Å². The first-order valence-electron chi connectivity index (χ1n) is 7.82. The molecular formula is C17H21NO4. The molecular weight excluding hydrogens is 282 g/mol. The Kier molecular flexibility index (Phi) is 4.16. The van der Waals surface area contributed by atoms with E-state index in [9.17, 15) is 9.59 Å². The van der Waals surface area contributed by atoms with Gasteiger partial charge in [-0.2, -0.15) is 0 Å². The van der Waals surface area contributed by atoms with Crippen LogP contribution >= 0.6 is 0 Å². The van der Waals surface area contributed by atoms with Crippen LogP contribution in [0.5, 0.6) is 0 Å². The van der Waals surface area contributed by atoms with Crippen molar-refractivity contribution in [3.8, 4) is 0 Å². The lowest BCUT2D eigenvalue weighted by Crippen LogP contribution is -2.53. The fourth-order valence-electron chi connectivity index (χ4n) is 3.42. The molecule has 1 aromatic carbocycles. The SMILES string of the molecule is O=C(O)CC1(NC(=O)c2ccc3c(c2)CCC3)CCOCC1. The van der Waals surface area contributed by atoms with E-state index in [1.54, 1.807) is 0 Å². The Morgan fingerprint density at radius 1 is 1.18 bits per heavy atom. The largest absolute Gasteiger partial charge is 0.481 e. The Bertz CT molecular complexity index is 590. The number of hydrogen-bond acceptors (Lipinski definition) is 3. The fourth-order valence-corrected chi connectivity index (χ4v) is 3.42. The standard InChI is InChI=1S/C17H21NO4/c19-15(20)11-17(6-8-22-9-7-17)18-16(21)14-5-4-12-2-1-3-13(12)10-14/h4-5,10H,1-3,6-9,11H2,(H,18,21)(H,19,20). The summed E-state index contributed by atoms with van der Waals surface area (Å²) in [6, 6.07) is 5.81. The lowest BCUT2D eigenvalue weighted by molar-refractivity contribution is -0.139. The molecule has 0 saturated carbocycles. The summed E-state index contributed by atoms with van der Waals surface area (Å²) in [6.45, 7) is 0.968. The van der Waals surface area contributed by atoms with E-state index in [0.717, 1.165) is 19.3 Å². The summed E-state index contributed by atoms with van der Waals surface area (Å²) in [5, 5.41) is 12.1. The maximum Gasteiger partial charge on any atom is 0.305 e. The van der Waals surface area contributed by atoms with Crippen molar-refractivity contribution < 1.29 is 19.4 Å². The number of nitrogens with one attached hydrogen (secondary N) is 1. The van der Waals surface area contributed by atoms with E-state index >= 15 is 0 Å². The van der Waals surface area contributed by atoms with Crippen molar-refractivity contribution >= 4 is 11.9 Å². The minimum Gasteiger partial charge on any atom is -0.481 e. The molecule has 1 aliphatic carbocycles. The lowest BCUT2D eigenvalue weighted by atomic mass is 9.86. The molecule has 2 N–H and O–H groups in total. The van der Waals surface area contributed by atoms with Gasteiger partial charge in [0.05, 0.1) is 12.0 Å². The van der Waals surface area contributed by atoms with Crippen LogP contribution in [0.1, 0.15) is 47.2 Å². The third-order valence-corrected chi connectivity index (χ3v) is 4.68. The Morgan fingerprint density at radius 3 is 2.64 bits per heavy atom. The molecule has 0 unspecified atom stereocenters. The molecule has 118 valence electrons. The molecule has 2 aliphatic rings. The Morgan fingerprint density at radius 2 is 1.91 bits per heavy atom. The molecule has 0 aromatic heterocycles. The average molecular weight is 303 g/mol. The third kappa shape index (κ3) is 3.14. The Hall–Kier alpha value is -1.88. The number of hydrogen-bond donors (Lipinski definition) is 2. The van der Waals surface area contributed by atoms with E-state index in [1.807, 2.05) is 18.2 Å². The number of amides is 1. The number of carboxylic acid groups (broad SMARTS) is 1. The zero-order valence-corrected chi connectivity index (χ0v) is 12.6. The van der Waals surface area contributed by atoms with Gasteiger partial charge in [0.1, 0.15) is 0 Å². The van der Waals surface area contributed by atoms with Crippen LogP contribution in [-0.4, -0.2) is 35.7 Å². The smallest absolute Gasteiger partial charge is 0.305 e. The minimum atomic E-state index is -0.892. The highest BCUT2D eigenvalue weighted by molar-refractivity contribution is 5.95. The molecule has 0 radical (unpaired) electrons. The molecule has 1 aliphatic heterocycles. The van der Waals surface area contributed by atoms with Crippen LogP contribution in [-0.2, 0) is 22.4 Å². The van der Waals surface area contributed by atoms with Gasteiger partial charge >= 0.3 is 5.97 Å². The topological polar surface area (TPSA) is 75.6 Å². The normalized spacial score (nSPS) is 19.5. The molecule has 1 aromatic rings. The predicted molar refractivity (Wildman–Crippen MR) is 81.0 cm³/mol. The molecule has 1 fully saturated rings. The third-order valence-electron chi connectivity index (χ3n) is 4.68. The van der Waals surface area contributed by atoms with Crippen LogP contribution in [0.15, 0.2) is 18.2 Å². The van der Waals surface area contributed by atoms with Crippen LogP contribution in [0.4, 0.5) is 0 Å². The summed E-state index contributed by atoms with van der Waals surface area (Å²) < 4.78 is 5.31. The monoisotopic (exact) mass is 303 g/mol. The predicted octanol–water partition coefficient (Wildman–Crippen LogP) is 1.93. The molecule has 1 saturated heterocycles. The van der Waals surface area contributed by atoms with Crippen LogP contribution in [0.25, 0.3) is 0 Å². The number of benzene rings is 1. The zero-order valence-electron chi connectivity index (χ0n) is 12.6. The molecule has 1 amide bonds. The van der Waals surface area contributed by atoms with Gasteiger partial charge in [-0.25, -0.2) is 0 Å². The van der Waals surface area contributed by atoms with Gasteiger partial charge in [-0.1, -0.05) is 6.07 Å². The highest BCUT2D eigenvalue weighted by Gasteiger charge is 2.36. The van der Waals surface area contributed by atoms with E-state index in [0.29, 0.717) is 31.6 Å². The van der Waals surface area contributed by atoms with Gasteiger partial charge in [0.2, 0.25) is 0 Å². The van der Waals surface area contributed by atoms with Crippen molar-refractivity contribution in [2.75, 3.05) is 13.2 Å². The van der Waals surface area contributed by atoms with Gasteiger partial charge in [0.25, 0.3) is 5.91 Å². The van der Waals surface area contributed by atoms with E-state index in [-0.39, 0.29) is 12.3 Å². The number of carbonyl (C=O) groups is 2. The van der Waals surface area contributed by atoms with Crippen LogP contribution in [0.2, 0.25) is 0 Å². The summed E-state index contributed by atoms with van der Waals surface area (Å²) in [4.78, 5) is 23.7. The Balaban J connectivity index is 1.77. The van der Waals surface area contributed by atoms with Crippen LogP contribution in [0.3, 0.4) is 0 Å². The second-order valence-corrected chi connectivity index (χ2v) is 6.25. The molecule has 22 heavy (non-hydrogen) atoms. The molecule has 0 spiro atoms. The van der Waals surface area contributed by atoms with E-state index in [4.69, 9.17) is 9.84 Å². The van der Waals surface area contributed by atoms with Gasteiger partial charge < -0.3 is 15.2 Å². The lowest BCUT2D eigenvalue weighted by Gasteiger charge is -2.36. The molecule has 3 rings (SSSR count). The fraction of sp³-hybridized carbons (Fsp3) is 0.529. The molecule has 5 nitrogen and oxygen atoms in total. The summed E-state index contributed by atoms with van der Waals surface area (Å²) in [6.07, 6.45) is 4.25. The highest BCUT2D eigenvalue weighted by atomic mass is 16.5. The first-order valence-corrected chi connectivity index (χ1v) is 7.82. The number of fused-ring (bicyclic) bond motifs is 1. The Labute approximate surface area is 129 Å². The van der Waals surface area contributed by atoms with Gasteiger partial charge in [-0.05, 0) is 55.4 Å². The minimum absolute atomic E-state index is 0.0625. The number of aliphatic carboxylic acids is 1. The maximum atomic E-state index is 12.6. The molecule has 0 atom stereocenters. The van der Waals surface area contributed by atoms with Crippen molar-refractivity contribution in [3.63, 3.8) is 0 Å². The van der Waals surface area contributed by atoms with Crippen molar-refractivity contribution in [3.05, 3.63) is 34.9 Å². The molecule has 0 bridgehead atoms. The van der Waals surface area contributed by atoms with E-state index in [1.165, 1.54) is 11.1 Å². The van der Waals surface area contributed by atoms with Gasteiger partial charge in [0.15, 0.2) is 0 Å².